The smallest absolute Gasteiger partial charge is 0.233 e. The Bertz CT molecular complexity index is 636. The Morgan fingerprint density at radius 2 is 1.81 bits per heavy atom. The van der Waals surface area contributed by atoms with Crippen LogP contribution in [0, 0.1) is 6.92 Å². The first-order chi connectivity index (χ1) is 10.2. The molecule has 2 aromatic rings. The van der Waals surface area contributed by atoms with Crippen LogP contribution in [0.15, 0.2) is 53.4 Å². The van der Waals surface area contributed by atoms with E-state index in [2.05, 4.69) is 49.4 Å². The second-order valence-corrected chi connectivity index (χ2v) is 6.48. The van der Waals surface area contributed by atoms with E-state index in [4.69, 9.17) is 0 Å². The van der Waals surface area contributed by atoms with Crippen molar-refractivity contribution in [1.29, 1.82) is 0 Å². The van der Waals surface area contributed by atoms with Gasteiger partial charge in [0, 0.05) is 18.0 Å². The Hall–Kier alpha value is -1.74. The van der Waals surface area contributed by atoms with E-state index in [-0.39, 0.29) is 5.91 Å². The second kappa shape index (κ2) is 6.35. The molecule has 21 heavy (non-hydrogen) atoms. The van der Waals surface area contributed by atoms with Crippen molar-refractivity contribution >= 4 is 17.7 Å². The molecule has 108 valence electrons. The Labute approximate surface area is 130 Å². The molecule has 0 unspecified atom stereocenters. The predicted octanol–water partition coefficient (Wildman–Crippen LogP) is 3.67. The first-order valence-electron chi connectivity index (χ1n) is 7.26. The highest BCUT2D eigenvalue weighted by atomic mass is 32.2. The zero-order valence-corrected chi connectivity index (χ0v) is 13.0. The molecule has 0 aliphatic carbocycles. The molecule has 1 heterocycles. The van der Waals surface area contributed by atoms with E-state index in [1.165, 1.54) is 16.7 Å². The molecule has 0 saturated carbocycles. The minimum atomic E-state index is 0.232. The molecule has 0 bridgehead atoms. The number of amides is 1. The van der Waals surface area contributed by atoms with Crippen LogP contribution in [0.2, 0.25) is 0 Å². The van der Waals surface area contributed by atoms with Gasteiger partial charge in [-0.2, -0.15) is 0 Å². The molecule has 0 atom stereocenters. The van der Waals surface area contributed by atoms with E-state index in [1.54, 1.807) is 11.8 Å². The summed E-state index contributed by atoms with van der Waals surface area (Å²) < 4.78 is 0. The maximum atomic E-state index is 12.4. The van der Waals surface area contributed by atoms with Crippen molar-refractivity contribution in [2.75, 3.05) is 12.3 Å². The average molecular weight is 297 g/mol. The summed E-state index contributed by atoms with van der Waals surface area (Å²) in [5, 5.41) is 0. The van der Waals surface area contributed by atoms with Crippen molar-refractivity contribution in [3.05, 3.63) is 65.2 Å². The number of carbonyl (C=O) groups is 1. The normalized spacial score (nSPS) is 13.9. The molecule has 3 rings (SSSR count). The molecule has 0 fully saturated rings. The quantitative estimate of drug-likeness (QED) is 0.806. The molecule has 0 saturated heterocycles. The van der Waals surface area contributed by atoms with Crippen LogP contribution < -0.4 is 0 Å². The van der Waals surface area contributed by atoms with E-state index in [0.717, 1.165) is 24.4 Å². The SMILES string of the molecule is Cc1ccc(SCC(=O)N2CCc3ccccc3C2)cc1. The fraction of sp³-hybridized carbons (Fsp3) is 0.278. The van der Waals surface area contributed by atoms with Crippen LogP contribution >= 0.6 is 11.8 Å². The fourth-order valence-corrected chi connectivity index (χ4v) is 3.38. The third kappa shape index (κ3) is 3.48. The Morgan fingerprint density at radius 3 is 2.57 bits per heavy atom. The van der Waals surface area contributed by atoms with E-state index in [9.17, 15) is 4.79 Å². The molecular weight excluding hydrogens is 278 g/mol. The predicted molar refractivity (Wildman–Crippen MR) is 87.5 cm³/mol. The van der Waals surface area contributed by atoms with Crippen molar-refractivity contribution in [3.63, 3.8) is 0 Å². The lowest BCUT2D eigenvalue weighted by Crippen LogP contribution is -2.37. The molecule has 1 aliphatic heterocycles. The first kappa shape index (κ1) is 14.2. The van der Waals surface area contributed by atoms with Gasteiger partial charge < -0.3 is 4.90 Å². The van der Waals surface area contributed by atoms with Gasteiger partial charge in [-0.3, -0.25) is 4.79 Å². The molecule has 0 radical (unpaired) electrons. The zero-order chi connectivity index (χ0) is 14.7. The highest BCUT2D eigenvalue weighted by Crippen LogP contribution is 2.22. The number of fused-ring (bicyclic) bond motifs is 1. The summed E-state index contributed by atoms with van der Waals surface area (Å²) in [5.41, 5.74) is 3.92. The van der Waals surface area contributed by atoms with Gasteiger partial charge in [0.2, 0.25) is 5.91 Å². The van der Waals surface area contributed by atoms with Gasteiger partial charge in [-0.1, -0.05) is 42.0 Å². The van der Waals surface area contributed by atoms with Crippen LogP contribution in [0.5, 0.6) is 0 Å². The van der Waals surface area contributed by atoms with Crippen molar-refractivity contribution in [2.45, 2.75) is 24.8 Å². The lowest BCUT2D eigenvalue weighted by molar-refractivity contribution is -0.129. The summed E-state index contributed by atoms with van der Waals surface area (Å²) in [6.07, 6.45) is 0.969. The number of benzene rings is 2. The number of carbonyl (C=O) groups excluding carboxylic acids is 1. The number of aryl methyl sites for hydroxylation is 1. The van der Waals surface area contributed by atoms with E-state index in [0.29, 0.717) is 5.75 Å². The average Bonchev–Trinajstić information content (AvgIpc) is 2.53. The molecule has 2 aromatic carbocycles. The van der Waals surface area contributed by atoms with Crippen LogP contribution in [-0.2, 0) is 17.8 Å². The van der Waals surface area contributed by atoms with Crippen molar-refractivity contribution < 1.29 is 4.79 Å². The number of rotatable bonds is 3. The van der Waals surface area contributed by atoms with Gasteiger partial charge >= 0.3 is 0 Å². The van der Waals surface area contributed by atoms with E-state index in [1.807, 2.05) is 11.0 Å². The third-order valence-corrected chi connectivity index (χ3v) is 4.86. The fourth-order valence-electron chi connectivity index (χ4n) is 2.58. The maximum absolute atomic E-state index is 12.4. The summed E-state index contributed by atoms with van der Waals surface area (Å²) in [5.74, 6) is 0.751. The summed E-state index contributed by atoms with van der Waals surface area (Å²) in [4.78, 5) is 15.5. The summed E-state index contributed by atoms with van der Waals surface area (Å²) in [7, 11) is 0. The van der Waals surface area contributed by atoms with Gasteiger partial charge in [0.25, 0.3) is 0 Å². The van der Waals surface area contributed by atoms with Crippen molar-refractivity contribution in [2.24, 2.45) is 0 Å². The number of thioether (sulfide) groups is 1. The zero-order valence-electron chi connectivity index (χ0n) is 12.2. The molecule has 0 N–H and O–H groups in total. The van der Waals surface area contributed by atoms with Crippen LogP contribution in [0.1, 0.15) is 16.7 Å². The third-order valence-electron chi connectivity index (χ3n) is 3.87. The number of hydrogen-bond acceptors (Lipinski definition) is 2. The highest BCUT2D eigenvalue weighted by Gasteiger charge is 2.20. The Balaban J connectivity index is 1.58. The standard InChI is InChI=1S/C18H19NOS/c1-14-6-8-17(9-7-14)21-13-18(20)19-11-10-15-4-2-3-5-16(15)12-19/h2-9H,10-13H2,1H3. The lowest BCUT2D eigenvalue weighted by atomic mass is 10.00. The van der Waals surface area contributed by atoms with Gasteiger partial charge in [-0.25, -0.2) is 0 Å². The van der Waals surface area contributed by atoms with Crippen molar-refractivity contribution in [1.82, 2.24) is 4.90 Å². The maximum Gasteiger partial charge on any atom is 0.233 e. The topological polar surface area (TPSA) is 20.3 Å². The van der Waals surface area contributed by atoms with Gasteiger partial charge in [0.05, 0.1) is 5.75 Å². The molecule has 0 spiro atoms. The van der Waals surface area contributed by atoms with Gasteiger partial charge in [0.1, 0.15) is 0 Å². The monoisotopic (exact) mass is 297 g/mol. The highest BCUT2D eigenvalue weighted by molar-refractivity contribution is 8.00. The number of hydrogen-bond donors (Lipinski definition) is 0. The van der Waals surface area contributed by atoms with Crippen molar-refractivity contribution in [3.8, 4) is 0 Å². The summed E-state index contributed by atoms with van der Waals surface area (Å²) in [6.45, 7) is 3.67. The molecular formula is C18H19NOS. The number of nitrogens with zero attached hydrogens (tertiary/aromatic N) is 1. The first-order valence-corrected chi connectivity index (χ1v) is 8.25. The molecule has 3 heteroatoms. The van der Waals surface area contributed by atoms with Gasteiger partial charge in [-0.05, 0) is 36.6 Å². The minimum Gasteiger partial charge on any atom is -0.337 e. The molecule has 0 aromatic heterocycles. The summed E-state index contributed by atoms with van der Waals surface area (Å²) >= 11 is 1.62. The van der Waals surface area contributed by atoms with Crippen LogP contribution in [-0.4, -0.2) is 23.1 Å². The van der Waals surface area contributed by atoms with Gasteiger partial charge in [0.15, 0.2) is 0 Å². The van der Waals surface area contributed by atoms with Crippen LogP contribution in [0.3, 0.4) is 0 Å². The van der Waals surface area contributed by atoms with E-state index >= 15 is 0 Å². The Morgan fingerprint density at radius 1 is 1.10 bits per heavy atom. The molecule has 1 aliphatic rings. The Kier molecular flexibility index (Phi) is 4.30. The lowest BCUT2D eigenvalue weighted by Gasteiger charge is -2.28. The van der Waals surface area contributed by atoms with Crippen LogP contribution in [0.4, 0.5) is 0 Å². The summed E-state index contributed by atoms with van der Waals surface area (Å²) in [6, 6.07) is 16.8. The molecule has 2 nitrogen and oxygen atoms in total. The van der Waals surface area contributed by atoms with Crippen LogP contribution in [0.25, 0.3) is 0 Å². The molecule has 1 amide bonds. The van der Waals surface area contributed by atoms with E-state index < -0.39 is 0 Å². The largest absolute Gasteiger partial charge is 0.337 e. The van der Waals surface area contributed by atoms with Gasteiger partial charge in [-0.15, -0.1) is 11.8 Å². The minimum absolute atomic E-state index is 0.232. The second-order valence-electron chi connectivity index (χ2n) is 5.44.